The van der Waals surface area contributed by atoms with Crippen molar-refractivity contribution in [2.24, 2.45) is 10.1 Å². The Morgan fingerprint density at radius 3 is 2.40 bits per heavy atom. The van der Waals surface area contributed by atoms with E-state index < -0.39 is 10.0 Å². The zero-order valence-corrected chi connectivity index (χ0v) is 17.8. The van der Waals surface area contributed by atoms with E-state index in [0.29, 0.717) is 12.6 Å². The number of nitrogens with zero attached hydrogens (tertiary/aromatic N) is 1. The van der Waals surface area contributed by atoms with Crippen molar-refractivity contribution in [2.75, 3.05) is 13.1 Å². The average Bonchev–Trinajstić information content (AvgIpc) is 2.55. The largest absolute Gasteiger partial charge is 0.357 e. The van der Waals surface area contributed by atoms with Gasteiger partial charge >= 0.3 is 0 Å². The number of rotatable bonds is 6. The topological polar surface area (TPSA) is 96.6 Å². The highest BCUT2D eigenvalue weighted by Gasteiger charge is 2.14. The van der Waals surface area contributed by atoms with Gasteiger partial charge in [-0.15, -0.1) is 24.0 Å². The summed E-state index contributed by atoms with van der Waals surface area (Å²) >= 11 is 0. The molecule has 0 atom stereocenters. The van der Waals surface area contributed by atoms with Gasteiger partial charge in [0.25, 0.3) is 0 Å². The summed E-state index contributed by atoms with van der Waals surface area (Å²) in [6, 6.07) is 7.18. The van der Waals surface area contributed by atoms with Crippen LogP contribution in [0.1, 0.15) is 44.6 Å². The van der Waals surface area contributed by atoms with Crippen molar-refractivity contribution < 1.29 is 8.42 Å². The molecular formula is C17H29IN4O2S. The molecule has 4 N–H and O–H groups in total. The van der Waals surface area contributed by atoms with Crippen LogP contribution in [0.15, 0.2) is 34.2 Å². The van der Waals surface area contributed by atoms with Crippen LogP contribution in [0, 0.1) is 0 Å². The molecule has 0 aliphatic heterocycles. The van der Waals surface area contributed by atoms with E-state index in [9.17, 15) is 8.42 Å². The van der Waals surface area contributed by atoms with E-state index in [4.69, 9.17) is 5.14 Å². The summed E-state index contributed by atoms with van der Waals surface area (Å²) in [4.78, 5) is 4.77. The van der Waals surface area contributed by atoms with Crippen LogP contribution in [0.25, 0.3) is 0 Å². The molecule has 0 unspecified atom stereocenters. The first-order chi connectivity index (χ1) is 11.5. The van der Waals surface area contributed by atoms with Crippen LogP contribution < -0.4 is 15.8 Å². The number of aliphatic imine (C=N–C) groups is 1. The van der Waals surface area contributed by atoms with Crippen molar-refractivity contribution in [3.63, 3.8) is 0 Å². The fourth-order valence-electron chi connectivity index (χ4n) is 2.90. The molecule has 0 saturated heterocycles. The molecule has 6 nitrogen and oxygen atoms in total. The molecule has 1 aromatic rings. The molecule has 1 aromatic carbocycles. The van der Waals surface area contributed by atoms with Gasteiger partial charge < -0.3 is 10.6 Å². The van der Waals surface area contributed by atoms with Crippen LogP contribution in [0.5, 0.6) is 0 Å². The second-order valence-corrected chi connectivity index (χ2v) is 7.74. The quantitative estimate of drug-likeness (QED) is 0.331. The summed E-state index contributed by atoms with van der Waals surface area (Å²) in [6.07, 6.45) is 7.08. The number of nitrogens with one attached hydrogen (secondary N) is 2. The molecule has 0 spiro atoms. The third-order valence-corrected chi connectivity index (χ3v) is 5.14. The van der Waals surface area contributed by atoms with Crippen molar-refractivity contribution in [1.29, 1.82) is 0 Å². The Labute approximate surface area is 168 Å². The van der Waals surface area contributed by atoms with Gasteiger partial charge in [0.15, 0.2) is 5.96 Å². The van der Waals surface area contributed by atoms with Gasteiger partial charge in [-0.2, -0.15) is 0 Å². The van der Waals surface area contributed by atoms with Gasteiger partial charge in [-0.1, -0.05) is 31.4 Å². The minimum Gasteiger partial charge on any atom is -0.357 e. The predicted octanol–water partition coefficient (Wildman–Crippen LogP) is 2.38. The van der Waals surface area contributed by atoms with Gasteiger partial charge in [-0.3, -0.25) is 4.99 Å². The maximum atomic E-state index is 11.2. The van der Waals surface area contributed by atoms with E-state index in [1.165, 1.54) is 32.1 Å². The molecule has 2 rings (SSSR count). The zero-order valence-electron chi connectivity index (χ0n) is 14.7. The molecule has 1 fully saturated rings. The van der Waals surface area contributed by atoms with Gasteiger partial charge in [0.1, 0.15) is 0 Å². The molecule has 0 radical (unpaired) electrons. The third-order valence-electron chi connectivity index (χ3n) is 4.21. The molecule has 0 bridgehead atoms. The second-order valence-electron chi connectivity index (χ2n) is 6.18. The van der Waals surface area contributed by atoms with Crippen LogP contribution in [0.3, 0.4) is 0 Å². The minimum absolute atomic E-state index is 0. The number of primary sulfonamides is 1. The van der Waals surface area contributed by atoms with Crippen LogP contribution in [-0.4, -0.2) is 33.5 Å². The highest BCUT2D eigenvalue weighted by Crippen LogP contribution is 2.17. The van der Waals surface area contributed by atoms with E-state index in [0.717, 1.165) is 24.5 Å². The molecule has 0 amide bonds. The highest BCUT2D eigenvalue weighted by molar-refractivity contribution is 14.0. The molecule has 0 aromatic heterocycles. The van der Waals surface area contributed by atoms with E-state index in [1.807, 2.05) is 0 Å². The number of nitrogens with two attached hydrogens (primary N) is 1. The monoisotopic (exact) mass is 480 g/mol. The van der Waals surface area contributed by atoms with Crippen LogP contribution in [-0.2, 0) is 16.4 Å². The van der Waals surface area contributed by atoms with Crippen LogP contribution >= 0.6 is 24.0 Å². The number of benzene rings is 1. The SMILES string of the molecule is CCNC(=NCCc1ccc(S(N)(=O)=O)cc1)NC1CCCCC1.I. The lowest BCUT2D eigenvalue weighted by atomic mass is 9.96. The van der Waals surface area contributed by atoms with Crippen molar-refractivity contribution in [1.82, 2.24) is 10.6 Å². The summed E-state index contributed by atoms with van der Waals surface area (Å²) in [5, 5.41) is 11.9. The Morgan fingerprint density at radius 1 is 1.20 bits per heavy atom. The molecule has 1 aliphatic rings. The lowest BCUT2D eigenvalue weighted by Crippen LogP contribution is -2.44. The summed E-state index contributed by atoms with van der Waals surface area (Å²) in [5.41, 5.74) is 1.04. The van der Waals surface area contributed by atoms with Crippen molar-refractivity contribution in [3.05, 3.63) is 29.8 Å². The Bertz CT molecular complexity index is 641. The lowest BCUT2D eigenvalue weighted by Gasteiger charge is -2.24. The minimum atomic E-state index is -3.62. The zero-order chi connectivity index (χ0) is 17.4. The number of guanidine groups is 1. The summed E-state index contributed by atoms with van der Waals surface area (Å²) in [7, 11) is -3.62. The van der Waals surface area contributed by atoms with Crippen molar-refractivity contribution >= 4 is 40.0 Å². The van der Waals surface area contributed by atoms with Gasteiger partial charge in [-0.05, 0) is 43.9 Å². The highest BCUT2D eigenvalue weighted by atomic mass is 127. The van der Waals surface area contributed by atoms with E-state index >= 15 is 0 Å². The van der Waals surface area contributed by atoms with Crippen LogP contribution in [0.2, 0.25) is 0 Å². The van der Waals surface area contributed by atoms with E-state index in [1.54, 1.807) is 24.3 Å². The smallest absolute Gasteiger partial charge is 0.238 e. The fraction of sp³-hybridized carbons (Fsp3) is 0.588. The molecule has 1 saturated carbocycles. The predicted molar refractivity (Wildman–Crippen MR) is 113 cm³/mol. The second kappa shape index (κ2) is 11.0. The normalized spacial score (nSPS) is 16.2. The Kier molecular flexibility index (Phi) is 9.73. The van der Waals surface area contributed by atoms with Crippen LogP contribution in [0.4, 0.5) is 0 Å². The number of hydrogen-bond donors (Lipinski definition) is 3. The average molecular weight is 480 g/mol. The maximum Gasteiger partial charge on any atom is 0.238 e. The van der Waals surface area contributed by atoms with Gasteiger partial charge in [0, 0.05) is 19.1 Å². The lowest BCUT2D eigenvalue weighted by molar-refractivity contribution is 0.410. The first-order valence-electron chi connectivity index (χ1n) is 8.65. The molecule has 8 heteroatoms. The Morgan fingerprint density at radius 2 is 1.84 bits per heavy atom. The molecule has 0 heterocycles. The number of sulfonamides is 1. The van der Waals surface area contributed by atoms with Gasteiger partial charge in [-0.25, -0.2) is 13.6 Å². The summed E-state index contributed by atoms with van der Waals surface area (Å²) in [6.45, 7) is 3.54. The van der Waals surface area contributed by atoms with Crippen molar-refractivity contribution in [2.45, 2.75) is 56.4 Å². The third kappa shape index (κ3) is 7.91. The Hall–Kier alpha value is -0.870. The molecule has 25 heavy (non-hydrogen) atoms. The summed E-state index contributed by atoms with van der Waals surface area (Å²) in [5.74, 6) is 0.866. The standard InChI is InChI=1S/C17H28N4O2S.HI/c1-2-19-17(21-15-6-4-3-5-7-15)20-13-12-14-8-10-16(11-9-14)24(18,22)23;/h8-11,15H,2-7,12-13H2,1H3,(H2,18,22,23)(H2,19,20,21);1H. The number of halogens is 1. The van der Waals surface area contributed by atoms with Gasteiger partial charge in [0.2, 0.25) is 10.0 Å². The molecule has 1 aliphatic carbocycles. The molecule has 142 valence electrons. The van der Waals surface area contributed by atoms with Crippen molar-refractivity contribution in [3.8, 4) is 0 Å². The van der Waals surface area contributed by atoms with Gasteiger partial charge in [0.05, 0.1) is 4.90 Å². The van der Waals surface area contributed by atoms with E-state index in [-0.39, 0.29) is 28.9 Å². The number of hydrogen-bond acceptors (Lipinski definition) is 3. The summed E-state index contributed by atoms with van der Waals surface area (Å²) < 4.78 is 22.5. The fourth-order valence-corrected chi connectivity index (χ4v) is 3.42. The maximum absolute atomic E-state index is 11.2. The van der Waals surface area contributed by atoms with E-state index in [2.05, 4.69) is 22.5 Å². The Balaban J connectivity index is 0.00000312. The first-order valence-corrected chi connectivity index (χ1v) is 10.2. The first kappa shape index (κ1) is 22.2. The molecular weight excluding hydrogens is 451 g/mol.